The molecule has 0 aromatic carbocycles. The lowest BCUT2D eigenvalue weighted by atomic mass is 10.3. The quantitative estimate of drug-likeness (QED) is 0.541. The first-order valence-corrected chi connectivity index (χ1v) is 2.36. The molecule has 0 spiro atoms. The molecule has 8 heavy (non-hydrogen) atoms. The molecule has 0 aliphatic carbocycles. The highest BCUT2D eigenvalue weighted by atomic mass is 16.1. The second-order valence-electron chi connectivity index (χ2n) is 1.57. The van der Waals surface area contributed by atoms with E-state index in [1.165, 1.54) is 19.2 Å². The predicted molar refractivity (Wildman–Crippen MR) is 30.8 cm³/mol. The van der Waals surface area contributed by atoms with E-state index in [1.807, 2.05) is 0 Å². The Bertz CT molecular complexity index is 229. The lowest BCUT2D eigenvalue weighted by Crippen LogP contribution is -1.89. The molecule has 1 aromatic heterocycles. The molecule has 1 aromatic rings. The molecule has 2 nitrogen and oxygen atoms in total. The van der Waals surface area contributed by atoms with E-state index < -0.39 is 0 Å². The van der Waals surface area contributed by atoms with Gasteiger partial charge in [0, 0.05) is 13.1 Å². The fourth-order valence-corrected chi connectivity index (χ4v) is 0.489. The fourth-order valence-electron chi connectivity index (χ4n) is 0.489. The van der Waals surface area contributed by atoms with Crippen LogP contribution in [-0.4, -0.2) is 10.8 Å². The number of carbonyl (C=O) groups excluding carboxylic acids is 1. The highest BCUT2D eigenvalue weighted by molar-refractivity contribution is 5.92. The molecule has 0 fully saturated rings. The average Bonchev–Trinajstić information content (AvgIpc) is 2.14. The summed E-state index contributed by atoms with van der Waals surface area (Å²) in [6.07, 6.45) is 1.48. The predicted octanol–water partition coefficient (Wildman–Crippen LogP) is 1.22. The number of carbonyl (C=O) groups is 1. The zero-order chi connectivity index (χ0) is 6.85. The number of hydrogen-bond acceptors (Lipinski definition) is 1. The highest BCUT2D eigenvalue weighted by Gasteiger charge is 1.94. The van der Waals surface area contributed by atoms with Crippen LogP contribution in [0, 0.1) is 0 Å². The van der Waals surface area contributed by atoms with Gasteiger partial charge in [0.2, 0.25) is 0 Å². The molecule has 42 valence electrons. The monoisotopic (exact) mass is 110 g/mol. The van der Waals surface area contributed by atoms with Gasteiger partial charge in [-0.2, -0.15) is 0 Å². The number of hydrogen-bond donors (Lipinski definition) is 1. The molecule has 0 bridgehead atoms. The van der Waals surface area contributed by atoms with E-state index in [9.17, 15) is 4.79 Å². The molecule has 0 aliphatic rings. The van der Waals surface area contributed by atoms with Gasteiger partial charge >= 0.3 is 0 Å². The van der Waals surface area contributed by atoms with Crippen molar-refractivity contribution in [2.45, 2.75) is 6.92 Å². The Hall–Kier alpha value is -1.05. The van der Waals surface area contributed by atoms with E-state index >= 15 is 0 Å². The number of ketones is 1. The summed E-state index contributed by atoms with van der Waals surface area (Å²) in [6.45, 7) is 1.46. The van der Waals surface area contributed by atoms with Crippen molar-refractivity contribution in [3.05, 3.63) is 24.0 Å². The SMILES string of the molecule is [2H]c1c[nH]c(C(C)=O)c1. The Labute approximate surface area is 48.9 Å². The maximum absolute atomic E-state index is 10.5. The van der Waals surface area contributed by atoms with E-state index in [1.54, 1.807) is 0 Å². The van der Waals surface area contributed by atoms with Crippen LogP contribution in [0.15, 0.2) is 18.3 Å². The van der Waals surface area contributed by atoms with Crippen LogP contribution in [0.5, 0.6) is 0 Å². The van der Waals surface area contributed by atoms with Gasteiger partial charge in [-0.1, -0.05) is 0 Å². The van der Waals surface area contributed by atoms with Crippen molar-refractivity contribution in [1.29, 1.82) is 0 Å². The highest BCUT2D eigenvalue weighted by Crippen LogP contribution is 1.93. The Balaban J connectivity index is 2.98. The molecule has 0 radical (unpaired) electrons. The van der Waals surface area contributed by atoms with Crippen LogP contribution in [-0.2, 0) is 0 Å². The number of rotatable bonds is 1. The second kappa shape index (κ2) is 1.82. The van der Waals surface area contributed by atoms with Crippen molar-refractivity contribution in [2.24, 2.45) is 0 Å². The molecule has 1 heterocycles. The lowest BCUT2D eigenvalue weighted by Gasteiger charge is -1.81. The summed E-state index contributed by atoms with van der Waals surface area (Å²) in [5, 5.41) is 0. The van der Waals surface area contributed by atoms with Crippen LogP contribution in [0.25, 0.3) is 0 Å². The van der Waals surface area contributed by atoms with Gasteiger partial charge in [-0.25, -0.2) is 0 Å². The Morgan fingerprint density at radius 1 is 2.00 bits per heavy atom. The third-order valence-electron chi connectivity index (χ3n) is 0.918. The van der Waals surface area contributed by atoms with Gasteiger partial charge in [0.25, 0.3) is 0 Å². The van der Waals surface area contributed by atoms with E-state index in [0.717, 1.165) is 0 Å². The summed E-state index contributed by atoms with van der Waals surface area (Å²) in [7, 11) is 0. The Morgan fingerprint density at radius 2 is 2.75 bits per heavy atom. The molecule has 1 N–H and O–H groups in total. The fraction of sp³-hybridized carbons (Fsp3) is 0.167. The zero-order valence-electron chi connectivity index (χ0n) is 5.56. The number of Topliss-reactive ketones (excluding diaryl/α,β-unsaturated/α-hetero) is 1. The van der Waals surface area contributed by atoms with Crippen LogP contribution in [0.1, 0.15) is 18.8 Å². The second-order valence-corrected chi connectivity index (χ2v) is 1.57. The summed E-state index contributed by atoms with van der Waals surface area (Å²) in [4.78, 5) is 13.2. The van der Waals surface area contributed by atoms with E-state index in [2.05, 4.69) is 4.98 Å². The summed E-state index contributed by atoms with van der Waals surface area (Å²) in [6, 6.07) is 1.85. The van der Waals surface area contributed by atoms with Crippen LogP contribution in [0.4, 0.5) is 0 Å². The summed E-state index contributed by atoms with van der Waals surface area (Å²) < 4.78 is 7.03. The minimum absolute atomic E-state index is 0.0338. The number of aromatic nitrogens is 1. The Morgan fingerprint density at radius 3 is 3.00 bits per heavy atom. The molecule has 0 amide bonds. The van der Waals surface area contributed by atoms with Gasteiger partial charge < -0.3 is 4.98 Å². The minimum Gasteiger partial charge on any atom is -0.359 e. The van der Waals surface area contributed by atoms with Gasteiger partial charge in [0.15, 0.2) is 5.78 Å². The van der Waals surface area contributed by atoms with Crippen molar-refractivity contribution >= 4 is 5.78 Å². The number of aromatic amines is 1. The van der Waals surface area contributed by atoms with Crippen molar-refractivity contribution in [1.82, 2.24) is 4.98 Å². The molecule has 0 saturated heterocycles. The smallest absolute Gasteiger partial charge is 0.175 e. The van der Waals surface area contributed by atoms with Gasteiger partial charge in [-0.05, 0) is 12.1 Å². The maximum atomic E-state index is 10.5. The van der Waals surface area contributed by atoms with E-state index in [4.69, 9.17) is 1.37 Å². The van der Waals surface area contributed by atoms with Crippen LogP contribution >= 0.6 is 0 Å². The first kappa shape index (κ1) is 3.89. The van der Waals surface area contributed by atoms with Crippen molar-refractivity contribution < 1.29 is 6.17 Å². The van der Waals surface area contributed by atoms with Crippen molar-refractivity contribution in [2.75, 3.05) is 0 Å². The zero-order valence-corrected chi connectivity index (χ0v) is 4.56. The van der Waals surface area contributed by atoms with E-state index in [-0.39, 0.29) is 5.78 Å². The van der Waals surface area contributed by atoms with Gasteiger partial charge in [-0.15, -0.1) is 0 Å². The van der Waals surface area contributed by atoms with Crippen LogP contribution < -0.4 is 0 Å². The molecule has 0 saturated carbocycles. The molecular weight excluding hydrogens is 102 g/mol. The molecule has 0 atom stereocenters. The standard InChI is InChI=1S/C6H7NO/c1-5(8)6-3-2-4-7-6/h2-4,7H,1H3/i2D. The molecule has 2 heteroatoms. The average molecular weight is 110 g/mol. The summed E-state index contributed by atoms with van der Waals surface area (Å²) in [5.74, 6) is -0.0338. The van der Waals surface area contributed by atoms with Crippen LogP contribution in [0.2, 0.25) is 0 Å². The van der Waals surface area contributed by atoms with Crippen molar-refractivity contribution in [3.8, 4) is 0 Å². The number of nitrogens with one attached hydrogen (secondary N) is 1. The first-order valence-electron chi connectivity index (χ1n) is 2.86. The largest absolute Gasteiger partial charge is 0.359 e. The lowest BCUT2D eigenvalue weighted by molar-refractivity contribution is 0.101. The molecular formula is C6H7NO. The summed E-state index contributed by atoms with van der Waals surface area (Å²) in [5.41, 5.74) is 0.500. The third-order valence-corrected chi connectivity index (χ3v) is 0.918. The minimum atomic E-state index is -0.0338. The topological polar surface area (TPSA) is 32.9 Å². The normalized spacial score (nSPS) is 10.9. The van der Waals surface area contributed by atoms with Gasteiger partial charge in [-0.3, -0.25) is 4.79 Å². The first-order chi connectivity index (χ1) is 4.20. The maximum Gasteiger partial charge on any atom is 0.175 e. The third kappa shape index (κ3) is 0.780. The molecule has 1 rings (SSSR count). The van der Waals surface area contributed by atoms with Gasteiger partial charge in [0.1, 0.15) is 0 Å². The number of H-pyrrole nitrogens is 1. The van der Waals surface area contributed by atoms with E-state index in [0.29, 0.717) is 11.7 Å². The van der Waals surface area contributed by atoms with Crippen LogP contribution in [0.3, 0.4) is 0 Å². The molecule has 0 unspecified atom stereocenters. The van der Waals surface area contributed by atoms with Crippen molar-refractivity contribution in [3.63, 3.8) is 0 Å². The molecule has 0 aliphatic heterocycles. The Kier molecular flexibility index (Phi) is 0.886. The summed E-state index contributed by atoms with van der Waals surface area (Å²) >= 11 is 0. The van der Waals surface area contributed by atoms with Gasteiger partial charge in [0.05, 0.1) is 7.06 Å².